The van der Waals surface area contributed by atoms with Gasteiger partial charge >= 0.3 is 0 Å². The zero-order valence-electron chi connectivity index (χ0n) is 12.3. The number of para-hydroxylation sites is 1. The second-order valence-corrected chi connectivity index (χ2v) is 5.15. The second kappa shape index (κ2) is 5.50. The molecule has 2 aromatic carbocycles. The lowest BCUT2D eigenvalue weighted by Crippen LogP contribution is -2.22. The van der Waals surface area contributed by atoms with Crippen molar-refractivity contribution in [3.8, 4) is 17.1 Å². The summed E-state index contributed by atoms with van der Waals surface area (Å²) in [5, 5.41) is 0.510. The third kappa shape index (κ3) is 2.30. The molecule has 0 unspecified atom stereocenters. The molecular weight excluding hydrogens is 286 g/mol. The molecule has 0 N–H and O–H groups in total. The van der Waals surface area contributed by atoms with Crippen molar-refractivity contribution in [1.29, 1.82) is 0 Å². The summed E-state index contributed by atoms with van der Waals surface area (Å²) in [6, 6.07) is 22.7. The Morgan fingerprint density at radius 2 is 1.48 bits per heavy atom. The average molecular weight is 299 g/mol. The van der Waals surface area contributed by atoms with Crippen LogP contribution in [0.3, 0.4) is 0 Å². The van der Waals surface area contributed by atoms with Crippen LogP contribution in [-0.4, -0.2) is 14.5 Å². The van der Waals surface area contributed by atoms with Crippen LogP contribution in [0.1, 0.15) is 0 Å². The fourth-order valence-electron chi connectivity index (χ4n) is 2.62. The van der Waals surface area contributed by atoms with Crippen LogP contribution < -0.4 is 5.56 Å². The summed E-state index contributed by atoms with van der Waals surface area (Å²) in [5.74, 6) is 0.591. The van der Waals surface area contributed by atoms with E-state index in [0.29, 0.717) is 16.9 Å². The number of fused-ring (bicyclic) bond motifs is 1. The molecule has 0 spiro atoms. The third-order valence-electron chi connectivity index (χ3n) is 3.69. The lowest BCUT2D eigenvalue weighted by Gasteiger charge is -2.13. The summed E-state index contributed by atoms with van der Waals surface area (Å²) in [7, 11) is 0. The Kier molecular flexibility index (Phi) is 3.20. The standard InChI is InChI=1S/C19H13N3O/c23-19-16-12-7-13-20-17(16)21-18(14-8-3-1-4-9-14)22(19)15-10-5-2-6-11-15/h1-13H. The first-order valence-corrected chi connectivity index (χ1v) is 7.33. The molecule has 0 aliphatic rings. The van der Waals surface area contributed by atoms with Crippen LogP contribution in [0.2, 0.25) is 0 Å². The van der Waals surface area contributed by atoms with E-state index in [2.05, 4.69) is 9.97 Å². The van der Waals surface area contributed by atoms with E-state index < -0.39 is 0 Å². The maximum absolute atomic E-state index is 13.0. The van der Waals surface area contributed by atoms with E-state index in [-0.39, 0.29) is 5.56 Å². The van der Waals surface area contributed by atoms with Crippen molar-refractivity contribution < 1.29 is 0 Å². The van der Waals surface area contributed by atoms with E-state index in [1.165, 1.54) is 0 Å². The Hall–Kier alpha value is -3.27. The Morgan fingerprint density at radius 1 is 0.783 bits per heavy atom. The molecule has 0 amide bonds. The number of nitrogens with zero attached hydrogens (tertiary/aromatic N) is 3. The Balaban J connectivity index is 2.14. The Labute approximate surface area is 132 Å². The van der Waals surface area contributed by atoms with E-state index in [1.807, 2.05) is 60.7 Å². The molecule has 0 radical (unpaired) electrons. The molecular formula is C19H13N3O. The third-order valence-corrected chi connectivity index (χ3v) is 3.69. The molecule has 4 heteroatoms. The SMILES string of the molecule is O=c1c2cccnc2nc(-c2ccccc2)n1-c1ccccc1. The Bertz CT molecular complexity index is 1020. The largest absolute Gasteiger partial charge is 0.268 e. The number of aromatic nitrogens is 3. The van der Waals surface area contributed by atoms with Crippen LogP contribution >= 0.6 is 0 Å². The van der Waals surface area contributed by atoms with Crippen LogP contribution in [0.15, 0.2) is 83.8 Å². The molecule has 0 saturated carbocycles. The van der Waals surface area contributed by atoms with Crippen LogP contribution in [0.4, 0.5) is 0 Å². The van der Waals surface area contributed by atoms with Gasteiger partial charge in [-0.25, -0.2) is 9.97 Å². The molecule has 2 aromatic heterocycles. The van der Waals surface area contributed by atoms with Gasteiger partial charge in [-0.05, 0) is 24.3 Å². The number of hydrogen-bond donors (Lipinski definition) is 0. The highest BCUT2D eigenvalue weighted by molar-refractivity contribution is 5.76. The quantitative estimate of drug-likeness (QED) is 0.569. The monoisotopic (exact) mass is 299 g/mol. The van der Waals surface area contributed by atoms with Gasteiger partial charge < -0.3 is 0 Å². The van der Waals surface area contributed by atoms with Crippen molar-refractivity contribution in [3.63, 3.8) is 0 Å². The number of hydrogen-bond acceptors (Lipinski definition) is 3. The summed E-state index contributed by atoms with van der Waals surface area (Å²) in [6.07, 6.45) is 1.65. The minimum atomic E-state index is -0.117. The molecule has 23 heavy (non-hydrogen) atoms. The van der Waals surface area contributed by atoms with Gasteiger partial charge in [-0.2, -0.15) is 0 Å². The molecule has 2 heterocycles. The molecule has 0 atom stereocenters. The van der Waals surface area contributed by atoms with Gasteiger partial charge in [-0.1, -0.05) is 48.5 Å². The zero-order chi connectivity index (χ0) is 15.6. The molecule has 0 aliphatic carbocycles. The second-order valence-electron chi connectivity index (χ2n) is 5.15. The molecule has 4 nitrogen and oxygen atoms in total. The van der Waals surface area contributed by atoms with Gasteiger partial charge in [-0.3, -0.25) is 9.36 Å². The summed E-state index contributed by atoms with van der Waals surface area (Å²) in [4.78, 5) is 21.9. The van der Waals surface area contributed by atoms with Gasteiger partial charge in [-0.15, -0.1) is 0 Å². The predicted molar refractivity (Wildman–Crippen MR) is 90.6 cm³/mol. The molecule has 4 rings (SSSR count). The highest BCUT2D eigenvalue weighted by atomic mass is 16.1. The smallest absolute Gasteiger partial charge is 0.267 e. The van der Waals surface area contributed by atoms with E-state index in [1.54, 1.807) is 22.9 Å². The topological polar surface area (TPSA) is 47.8 Å². The van der Waals surface area contributed by atoms with Gasteiger partial charge in [0.05, 0.1) is 11.1 Å². The van der Waals surface area contributed by atoms with Crippen molar-refractivity contribution >= 4 is 11.0 Å². The lowest BCUT2D eigenvalue weighted by molar-refractivity contribution is 0.969. The fraction of sp³-hybridized carbons (Fsp3) is 0. The molecule has 0 aliphatic heterocycles. The Morgan fingerprint density at radius 3 is 2.22 bits per heavy atom. The molecule has 0 bridgehead atoms. The number of rotatable bonds is 2. The number of benzene rings is 2. The van der Waals surface area contributed by atoms with Crippen molar-refractivity contribution in [2.75, 3.05) is 0 Å². The van der Waals surface area contributed by atoms with Gasteiger partial charge in [0.1, 0.15) is 5.82 Å². The van der Waals surface area contributed by atoms with E-state index >= 15 is 0 Å². The minimum absolute atomic E-state index is 0.117. The maximum Gasteiger partial charge on any atom is 0.267 e. The van der Waals surface area contributed by atoms with Gasteiger partial charge in [0.25, 0.3) is 5.56 Å². The van der Waals surface area contributed by atoms with Gasteiger partial charge in [0.2, 0.25) is 0 Å². The molecule has 0 saturated heterocycles. The first-order valence-electron chi connectivity index (χ1n) is 7.33. The van der Waals surface area contributed by atoms with E-state index in [9.17, 15) is 4.79 Å². The van der Waals surface area contributed by atoms with E-state index in [0.717, 1.165) is 11.3 Å². The zero-order valence-corrected chi connectivity index (χ0v) is 12.3. The minimum Gasteiger partial charge on any atom is -0.268 e. The lowest BCUT2D eigenvalue weighted by atomic mass is 10.2. The van der Waals surface area contributed by atoms with Crippen LogP contribution in [0.5, 0.6) is 0 Å². The van der Waals surface area contributed by atoms with Crippen LogP contribution in [0, 0.1) is 0 Å². The molecule has 4 aromatic rings. The summed E-state index contributed by atoms with van der Waals surface area (Å²) in [6.45, 7) is 0. The van der Waals surface area contributed by atoms with Gasteiger partial charge in [0.15, 0.2) is 5.65 Å². The van der Waals surface area contributed by atoms with Crippen molar-refractivity contribution in [3.05, 3.63) is 89.3 Å². The van der Waals surface area contributed by atoms with E-state index in [4.69, 9.17) is 0 Å². The summed E-state index contributed by atoms with van der Waals surface area (Å²) in [5.41, 5.74) is 2.01. The summed E-state index contributed by atoms with van der Waals surface area (Å²) >= 11 is 0. The first-order chi connectivity index (χ1) is 11.3. The molecule has 110 valence electrons. The molecule has 0 fully saturated rings. The van der Waals surface area contributed by atoms with Crippen molar-refractivity contribution in [2.45, 2.75) is 0 Å². The van der Waals surface area contributed by atoms with Crippen molar-refractivity contribution in [1.82, 2.24) is 14.5 Å². The highest BCUT2D eigenvalue weighted by Crippen LogP contribution is 2.20. The normalized spacial score (nSPS) is 10.8. The average Bonchev–Trinajstić information content (AvgIpc) is 2.63. The highest BCUT2D eigenvalue weighted by Gasteiger charge is 2.14. The summed E-state index contributed by atoms with van der Waals surface area (Å²) < 4.78 is 1.64. The number of pyridine rings is 1. The van der Waals surface area contributed by atoms with Crippen LogP contribution in [0.25, 0.3) is 28.1 Å². The predicted octanol–water partition coefficient (Wildman–Crippen LogP) is 3.45. The fourth-order valence-corrected chi connectivity index (χ4v) is 2.62. The van der Waals surface area contributed by atoms with Crippen molar-refractivity contribution in [2.24, 2.45) is 0 Å². The maximum atomic E-state index is 13.0. The van der Waals surface area contributed by atoms with Crippen LogP contribution in [-0.2, 0) is 0 Å². The first kappa shape index (κ1) is 13.4. The van der Waals surface area contributed by atoms with Gasteiger partial charge in [0, 0.05) is 11.8 Å².